The topological polar surface area (TPSA) is 78.8 Å². The van der Waals surface area contributed by atoms with Crippen molar-refractivity contribution >= 4 is 49.4 Å². The van der Waals surface area contributed by atoms with E-state index in [4.69, 9.17) is 0 Å². The van der Waals surface area contributed by atoms with Gasteiger partial charge in [0.05, 0.1) is 16.8 Å². The van der Waals surface area contributed by atoms with Gasteiger partial charge in [-0.15, -0.1) is 0 Å². The largest absolute Gasteiger partial charge is 0.271 e. The molecule has 0 bridgehead atoms. The molecule has 30 heavy (non-hydrogen) atoms. The van der Waals surface area contributed by atoms with E-state index in [0.29, 0.717) is 11.1 Å². The highest BCUT2D eigenvalue weighted by Crippen LogP contribution is 2.41. The van der Waals surface area contributed by atoms with Crippen LogP contribution in [0.15, 0.2) is 88.9 Å². The van der Waals surface area contributed by atoms with Gasteiger partial charge in [0.2, 0.25) is 0 Å². The van der Waals surface area contributed by atoms with E-state index >= 15 is 0 Å². The smallest absolute Gasteiger partial charge is 0.265 e. The SMILES string of the molecule is O=C(CN1c2cccc3cccc(c23)S1(=O)=O)N/N=C\c1ccc2ccccc2c1. The number of rotatable bonds is 4. The predicted molar refractivity (Wildman–Crippen MR) is 118 cm³/mol. The van der Waals surface area contributed by atoms with Crippen molar-refractivity contribution in [1.82, 2.24) is 5.43 Å². The van der Waals surface area contributed by atoms with Crippen molar-refractivity contribution in [3.63, 3.8) is 0 Å². The number of carbonyl (C=O) groups is 1. The van der Waals surface area contributed by atoms with Crippen LogP contribution in [-0.2, 0) is 14.8 Å². The summed E-state index contributed by atoms with van der Waals surface area (Å²) in [6.45, 7) is -0.342. The lowest BCUT2D eigenvalue weighted by atomic mass is 10.1. The number of anilines is 1. The zero-order valence-electron chi connectivity index (χ0n) is 15.8. The maximum Gasteiger partial charge on any atom is 0.265 e. The number of nitrogens with one attached hydrogen (secondary N) is 1. The standard InChI is InChI=1S/C23H17N3O3S/c27-22(25-24-14-16-11-12-17-5-1-2-6-19(17)13-16)15-26-20-9-3-7-18-8-4-10-21(23(18)20)30(26,28)29/h1-14H,15H2,(H,25,27)/b24-14-. The molecule has 1 aliphatic rings. The molecule has 0 aliphatic carbocycles. The molecule has 148 valence electrons. The number of carbonyl (C=O) groups excluding carboxylic acids is 1. The summed E-state index contributed by atoms with van der Waals surface area (Å²) in [5.41, 5.74) is 3.77. The van der Waals surface area contributed by atoms with Gasteiger partial charge in [0.15, 0.2) is 0 Å². The molecule has 1 N–H and O–H groups in total. The summed E-state index contributed by atoms with van der Waals surface area (Å²) >= 11 is 0. The lowest BCUT2D eigenvalue weighted by molar-refractivity contribution is -0.119. The lowest BCUT2D eigenvalue weighted by Gasteiger charge is -2.17. The molecule has 1 heterocycles. The van der Waals surface area contributed by atoms with Crippen LogP contribution in [0.25, 0.3) is 21.5 Å². The monoisotopic (exact) mass is 415 g/mol. The molecule has 0 saturated heterocycles. The van der Waals surface area contributed by atoms with Gasteiger partial charge in [0, 0.05) is 5.39 Å². The molecule has 1 amide bonds. The van der Waals surface area contributed by atoms with Gasteiger partial charge in [0.1, 0.15) is 6.54 Å². The second-order valence-electron chi connectivity index (χ2n) is 7.04. The Balaban J connectivity index is 1.34. The van der Waals surface area contributed by atoms with Gasteiger partial charge in [-0.1, -0.05) is 60.7 Å². The minimum Gasteiger partial charge on any atom is -0.271 e. The predicted octanol–water partition coefficient (Wildman–Crippen LogP) is 3.65. The van der Waals surface area contributed by atoms with Crippen LogP contribution in [0.5, 0.6) is 0 Å². The van der Waals surface area contributed by atoms with Crippen LogP contribution in [0.1, 0.15) is 5.56 Å². The molecule has 5 rings (SSSR count). The van der Waals surface area contributed by atoms with Gasteiger partial charge >= 0.3 is 0 Å². The summed E-state index contributed by atoms with van der Waals surface area (Å²) in [4.78, 5) is 12.7. The Hall–Kier alpha value is -3.71. The molecule has 4 aromatic carbocycles. The number of hydrogen-bond donors (Lipinski definition) is 1. The Morgan fingerprint density at radius 1 is 0.900 bits per heavy atom. The summed E-state index contributed by atoms with van der Waals surface area (Å²) in [5.74, 6) is -0.513. The lowest BCUT2D eigenvalue weighted by Crippen LogP contribution is -2.37. The highest BCUT2D eigenvalue weighted by molar-refractivity contribution is 7.93. The third-order valence-electron chi connectivity index (χ3n) is 5.14. The second-order valence-corrected chi connectivity index (χ2v) is 8.87. The molecule has 0 saturated carbocycles. The van der Waals surface area contributed by atoms with Crippen LogP contribution in [0.2, 0.25) is 0 Å². The third-order valence-corrected chi connectivity index (χ3v) is 6.95. The maximum absolute atomic E-state index is 12.9. The van der Waals surface area contributed by atoms with E-state index in [-0.39, 0.29) is 11.4 Å². The molecule has 0 fully saturated rings. The van der Waals surface area contributed by atoms with Gasteiger partial charge in [-0.25, -0.2) is 13.8 Å². The summed E-state index contributed by atoms with van der Waals surface area (Å²) in [6.07, 6.45) is 1.54. The van der Waals surface area contributed by atoms with Crippen molar-refractivity contribution in [3.05, 3.63) is 84.4 Å². The van der Waals surface area contributed by atoms with Crippen molar-refractivity contribution in [2.75, 3.05) is 10.8 Å². The summed E-state index contributed by atoms with van der Waals surface area (Å²) < 4.78 is 27.0. The third kappa shape index (κ3) is 3.00. The second kappa shape index (κ2) is 6.96. The zero-order chi connectivity index (χ0) is 20.7. The minimum absolute atomic E-state index is 0.225. The zero-order valence-corrected chi connectivity index (χ0v) is 16.6. The van der Waals surface area contributed by atoms with Crippen LogP contribution < -0.4 is 9.73 Å². The Morgan fingerprint density at radius 2 is 1.63 bits per heavy atom. The molecule has 0 aromatic heterocycles. The summed E-state index contributed by atoms with van der Waals surface area (Å²) in [7, 11) is -3.77. The highest BCUT2D eigenvalue weighted by atomic mass is 32.2. The number of hydrazone groups is 1. The molecule has 4 aromatic rings. The van der Waals surface area contributed by atoms with E-state index in [1.165, 1.54) is 6.21 Å². The fourth-order valence-electron chi connectivity index (χ4n) is 3.76. The van der Waals surface area contributed by atoms with Crippen LogP contribution >= 0.6 is 0 Å². The summed E-state index contributed by atoms with van der Waals surface area (Å²) in [6, 6.07) is 24.3. The van der Waals surface area contributed by atoms with Crippen molar-refractivity contribution < 1.29 is 13.2 Å². The fraction of sp³-hybridized carbons (Fsp3) is 0.0435. The number of hydrogen-bond acceptors (Lipinski definition) is 4. The van der Waals surface area contributed by atoms with E-state index in [1.54, 1.807) is 24.3 Å². The molecule has 0 radical (unpaired) electrons. The minimum atomic E-state index is -3.77. The normalized spacial score (nSPS) is 14.6. The molecule has 6 nitrogen and oxygen atoms in total. The average Bonchev–Trinajstić information content (AvgIpc) is 2.97. The highest BCUT2D eigenvalue weighted by Gasteiger charge is 2.36. The quantitative estimate of drug-likeness (QED) is 0.408. The molecule has 0 atom stereocenters. The van der Waals surface area contributed by atoms with Crippen LogP contribution in [0, 0.1) is 0 Å². The number of nitrogens with zero attached hydrogens (tertiary/aromatic N) is 2. The van der Waals surface area contributed by atoms with Crippen molar-refractivity contribution in [1.29, 1.82) is 0 Å². The first-order chi connectivity index (χ1) is 14.5. The van der Waals surface area contributed by atoms with Crippen molar-refractivity contribution in [3.8, 4) is 0 Å². The molecule has 7 heteroatoms. The van der Waals surface area contributed by atoms with E-state index in [1.807, 2.05) is 54.6 Å². The van der Waals surface area contributed by atoms with E-state index in [2.05, 4.69) is 10.5 Å². The van der Waals surface area contributed by atoms with Crippen LogP contribution in [0.3, 0.4) is 0 Å². The fourth-order valence-corrected chi connectivity index (χ4v) is 5.43. The Morgan fingerprint density at radius 3 is 2.47 bits per heavy atom. The Labute approximate surface area is 173 Å². The van der Waals surface area contributed by atoms with Crippen molar-refractivity contribution in [2.24, 2.45) is 5.10 Å². The Kier molecular flexibility index (Phi) is 4.25. The van der Waals surface area contributed by atoms with Crippen molar-refractivity contribution in [2.45, 2.75) is 4.90 Å². The Bertz CT molecular complexity index is 1440. The van der Waals surface area contributed by atoms with Gasteiger partial charge in [-0.3, -0.25) is 9.10 Å². The molecular weight excluding hydrogens is 398 g/mol. The number of sulfonamides is 1. The van der Waals surface area contributed by atoms with Gasteiger partial charge < -0.3 is 0 Å². The van der Waals surface area contributed by atoms with E-state index < -0.39 is 15.9 Å². The average molecular weight is 415 g/mol. The number of fused-ring (bicyclic) bond motifs is 1. The van der Waals surface area contributed by atoms with Gasteiger partial charge in [-0.05, 0) is 39.9 Å². The molecular formula is C23H17N3O3S. The summed E-state index contributed by atoms with van der Waals surface area (Å²) in [5, 5.41) is 7.65. The first-order valence-corrected chi connectivity index (χ1v) is 10.8. The molecule has 0 spiro atoms. The molecule has 0 unspecified atom stereocenters. The van der Waals surface area contributed by atoms with Crippen LogP contribution in [-0.4, -0.2) is 27.1 Å². The number of benzene rings is 4. The van der Waals surface area contributed by atoms with E-state index in [9.17, 15) is 13.2 Å². The maximum atomic E-state index is 12.9. The van der Waals surface area contributed by atoms with Crippen LogP contribution in [0.4, 0.5) is 5.69 Å². The first kappa shape index (κ1) is 18.3. The molecule has 1 aliphatic heterocycles. The van der Waals surface area contributed by atoms with E-state index in [0.717, 1.165) is 26.0 Å². The first-order valence-electron chi connectivity index (χ1n) is 9.39. The van der Waals surface area contributed by atoms with Gasteiger partial charge in [0.25, 0.3) is 15.9 Å². The van der Waals surface area contributed by atoms with Gasteiger partial charge in [-0.2, -0.15) is 5.10 Å². The number of amides is 1.